The highest BCUT2D eigenvalue weighted by molar-refractivity contribution is 5.81. The van der Waals surface area contributed by atoms with Crippen molar-refractivity contribution in [3.8, 4) is 11.1 Å². The Labute approximate surface area is 169 Å². The predicted molar refractivity (Wildman–Crippen MR) is 108 cm³/mol. The molecule has 2 aromatic rings. The van der Waals surface area contributed by atoms with Crippen molar-refractivity contribution in [1.29, 1.82) is 0 Å². The van der Waals surface area contributed by atoms with Gasteiger partial charge in [-0.25, -0.2) is 9.59 Å². The van der Waals surface area contributed by atoms with Crippen LogP contribution < -0.4 is 5.32 Å². The summed E-state index contributed by atoms with van der Waals surface area (Å²) < 4.78 is 5.42. The summed E-state index contributed by atoms with van der Waals surface area (Å²) >= 11 is 0. The number of carbonyl (C=O) groups excluding carboxylic acids is 1. The largest absolute Gasteiger partial charge is 0.480 e. The molecule has 1 atom stereocenters. The lowest BCUT2D eigenvalue weighted by Crippen LogP contribution is -2.46. The molecule has 6 heteroatoms. The number of fused-ring (bicyclic) bond motifs is 3. The van der Waals surface area contributed by atoms with Crippen molar-refractivity contribution in [2.45, 2.75) is 49.7 Å². The standard InChI is InChI=1S/C23H25NO5/c25-21(26)20(13-23(28)11-5-6-12-23)24-22(27)29-14-19-17-9-3-1-7-15(17)16-8-2-4-10-18(16)19/h1-4,7-10,19-20,28H,5-6,11-14H2,(H,24,27)(H,25,26). The predicted octanol–water partition coefficient (Wildman–Crippen LogP) is 3.67. The molecule has 152 valence electrons. The number of aliphatic carboxylic acids is 1. The number of hydrogen-bond donors (Lipinski definition) is 3. The van der Waals surface area contributed by atoms with Crippen molar-refractivity contribution < 1.29 is 24.5 Å². The van der Waals surface area contributed by atoms with Gasteiger partial charge in [-0.15, -0.1) is 0 Å². The van der Waals surface area contributed by atoms with E-state index in [0.717, 1.165) is 35.1 Å². The summed E-state index contributed by atoms with van der Waals surface area (Å²) in [6.45, 7) is 0.121. The second kappa shape index (κ2) is 7.87. The minimum Gasteiger partial charge on any atom is -0.480 e. The molecular formula is C23H25NO5. The topological polar surface area (TPSA) is 95.9 Å². The number of carbonyl (C=O) groups is 2. The van der Waals surface area contributed by atoms with E-state index in [2.05, 4.69) is 17.4 Å². The average Bonchev–Trinajstić information content (AvgIpc) is 3.27. The van der Waals surface area contributed by atoms with Gasteiger partial charge >= 0.3 is 12.1 Å². The molecule has 0 saturated heterocycles. The Morgan fingerprint density at radius 1 is 1.03 bits per heavy atom. The molecule has 29 heavy (non-hydrogen) atoms. The number of carboxylic acids is 1. The Hall–Kier alpha value is -2.86. The van der Waals surface area contributed by atoms with E-state index in [4.69, 9.17) is 4.74 Å². The third kappa shape index (κ3) is 3.98. The SMILES string of the molecule is O=C(NC(CC1(O)CCCC1)C(=O)O)OCC1c2ccccc2-c2ccccc21. The first-order chi connectivity index (χ1) is 14.0. The number of aliphatic hydroxyl groups is 1. The maximum Gasteiger partial charge on any atom is 0.407 e. The van der Waals surface area contributed by atoms with E-state index in [1.807, 2.05) is 36.4 Å². The molecule has 2 aliphatic rings. The third-order valence-corrected chi connectivity index (χ3v) is 6.05. The van der Waals surface area contributed by atoms with Crippen LogP contribution in [0.3, 0.4) is 0 Å². The van der Waals surface area contributed by atoms with Gasteiger partial charge in [0.2, 0.25) is 0 Å². The molecule has 0 bridgehead atoms. The lowest BCUT2D eigenvalue weighted by Gasteiger charge is -2.26. The van der Waals surface area contributed by atoms with Crippen LogP contribution in [0.5, 0.6) is 0 Å². The summed E-state index contributed by atoms with van der Waals surface area (Å²) in [5.74, 6) is -1.26. The maximum atomic E-state index is 12.3. The molecule has 0 radical (unpaired) electrons. The highest BCUT2D eigenvalue weighted by atomic mass is 16.5. The van der Waals surface area contributed by atoms with E-state index < -0.39 is 23.7 Å². The minimum absolute atomic E-state index is 0.00741. The Morgan fingerprint density at radius 3 is 2.14 bits per heavy atom. The summed E-state index contributed by atoms with van der Waals surface area (Å²) in [4.78, 5) is 23.9. The van der Waals surface area contributed by atoms with Gasteiger partial charge in [-0.1, -0.05) is 61.4 Å². The summed E-state index contributed by atoms with van der Waals surface area (Å²) in [7, 11) is 0. The molecule has 2 aliphatic carbocycles. The van der Waals surface area contributed by atoms with Crippen molar-refractivity contribution in [2.24, 2.45) is 0 Å². The first kappa shape index (κ1) is 19.5. The highest BCUT2D eigenvalue weighted by Crippen LogP contribution is 2.44. The molecule has 1 fully saturated rings. The highest BCUT2D eigenvalue weighted by Gasteiger charge is 2.37. The lowest BCUT2D eigenvalue weighted by molar-refractivity contribution is -0.141. The number of rotatable bonds is 6. The van der Waals surface area contributed by atoms with Gasteiger partial charge in [0.25, 0.3) is 0 Å². The molecule has 0 aliphatic heterocycles. The number of carboxylic acid groups (broad SMARTS) is 1. The van der Waals surface area contributed by atoms with Crippen LogP contribution >= 0.6 is 0 Å². The van der Waals surface area contributed by atoms with E-state index in [0.29, 0.717) is 12.8 Å². The van der Waals surface area contributed by atoms with Crippen LogP contribution in [0.4, 0.5) is 4.79 Å². The number of benzene rings is 2. The molecule has 4 rings (SSSR count). The number of amides is 1. The zero-order valence-electron chi connectivity index (χ0n) is 16.1. The Bertz CT molecular complexity index is 873. The Kier molecular flexibility index (Phi) is 5.28. The fraction of sp³-hybridized carbons (Fsp3) is 0.391. The fourth-order valence-corrected chi connectivity index (χ4v) is 4.60. The second-order valence-corrected chi connectivity index (χ2v) is 8.00. The van der Waals surface area contributed by atoms with Crippen molar-refractivity contribution >= 4 is 12.1 Å². The van der Waals surface area contributed by atoms with Crippen LogP contribution in [-0.4, -0.2) is 40.5 Å². The molecule has 1 unspecified atom stereocenters. The average molecular weight is 395 g/mol. The summed E-state index contributed by atoms with van der Waals surface area (Å²) in [5, 5.41) is 22.4. The molecule has 1 saturated carbocycles. The molecule has 0 heterocycles. The number of alkyl carbamates (subject to hydrolysis) is 1. The van der Waals surface area contributed by atoms with Crippen molar-refractivity contribution in [3.05, 3.63) is 59.7 Å². The smallest absolute Gasteiger partial charge is 0.407 e. The van der Waals surface area contributed by atoms with Gasteiger partial charge in [-0.2, -0.15) is 0 Å². The molecule has 0 aromatic heterocycles. The fourth-order valence-electron chi connectivity index (χ4n) is 4.60. The van der Waals surface area contributed by atoms with Gasteiger partial charge in [0.15, 0.2) is 0 Å². The molecule has 2 aromatic carbocycles. The van der Waals surface area contributed by atoms with Crippen LogP contribution in [0.1, 0.15) is 49.1 Å². The monoisotopic (exact) mass is 395 g/mol. The van der Waals surface area contributed by atoms with Gasteiger partial charge in [-0.05, 0) is 35.1 Å². The van der Waals surface area contributed by atoms with E-state index in [1.54, 1.807) is 0 Å². The molecule has 3 N–H and O–H groups in total. The second-order valence-electron chi connectivity index (χ2n) is 8.00. The summed E-state index contributed by atoms with van der Waals surface area (Å²) in [6.07, 6.45) is 2.07. The van der Waals surface area contributed by atoms with Gasteiger partial charge in [0, 0.05) is 12.3 Å². The lowest BCUT2D eigenvalue weighted by atomic mass is 9.93. The first-order valence-corrected chi connectivity index (χ1v) is 10.0. The van der Waals surface area contributed by atoms with Gasteiger partial charge in [0.05, 0.1) is 5.60 Å². The summed E-state index contributed by atoms with van der Waals surface area (Å²) in [6, 6.07) is 14.9. The van der Waals surface area contributed by atoms with Crippen LogP contribution in [0, 0.1) is 0 Å². The van der Waals surface area contributed by atoms with E-state index in [-0.39, 0.29) is 18.9 Å². The maximum absolute atomic E-state index is 12.3. The number of nitrogens with one attached hydrogen (secondary N) is 1. The number of ether oxygens (including phenoxy) is 1. The van der Waals surface area contributed by atoms with Crippen LogP contribution in [0.15, 0.2) is 48.5 Å². The van der Waals surface area contributed by atoms with Crippen molar-refractivity contribution in [3.63, 3.8) is 0 Å². The summed E-state index contributed by atoms with van der Waals surface area (Å²) in [5.41, 5.74) is 3.42. The van der Waals surface area contributed by atoms with E-state index in [1.165, 1.54) is 0 Å². The Balaban J connectivity index is 1.42. The zero-order valence-corrected chi connectivity index (χ0v) is 16.1. The third-order valence-electron chi connectivity index (χ3n) is 6.05. The van der Waals surface area contributed by atoms with Gasteiger partial charge in [-0.3, -0.25) is 0 Å². The quantitative estimate of drug-likeness (QED) is 0.694. The first-order valence-electron chi connectivity index (χ1n) is 10.0. The van der Waals surface area contributed by atoms with Crippen molar-refractivity contribution in [1.82, 2.24) is 5.32 Å². The zero-order chi connectivity index (χ0) is 20.4. The van der Waals surface area contributed by atoms with Crippen LogP contribution in [-0.2, 0) is 9.53 Å². The number of hydrogen-bond acceptors (Lipinski definition) is 4. The van der Waals surface area contributed by atoms with Crippen LogP contribution in [0.25, 0.3) is 11.1 Å². The minimum atomic E-state index is -1.17. The van der Waals surface area contributed by atoms with Gasteiger partial charge in [0.1, 0.15) is 12.6 Å². The molecule has 6 nitrogen and oxygen atoms in total. The van der Waals surface area contributed by atoms with Gasteiger partial charge < -0.3 is 20.3 Å². The van der Waals surface area contributed by atoms with Crippen LogP contribution in [0.2, 0.25) is 0 Å². The van der Waals surface area contributed by atoms with E-state index in [9.17, 15) is 19.8 Å². The molecule has 0 spiro atoms. The van der Waals surface area contributed by atoms with E-state index >= 15 is 0 Å². The normalized spacial score (nSPS) is 18.0. The molecule has 1 amide bonds. The van der Waals surface area contributed by atoms with Crippen molar-refractivity contribution in [2.75, 3.05) is 6.61 Å². The Morgan fingerprint density at radius 2 is 1.59 bits per heavy atom. The molecular weight excluding hydrogens is 370 g/mol.